The third kappa shape index (κ3) is 5.03. The van der Waals surface area contributed by atoms with Gasteiger partial charge in [0.1, 0.15) is 17.4 Å². The van der Waals surface area contributed by atoms with Crippen molar-refractivity contribution in [1.82, 2.24) is 25.3 Å². The van der Waals surface area contributed by atoms with Gasteiger partial charge >= 0.3 is 0 Å². The molecule has 1 aliphatic rings. The zero-order chi connectivity index (χ0) is 25.1. The lowest BCUT2D eigenvalue weighted by molar-refractivity contribution is 0.102. The number of anilines is 5. The molecule has 1 fully saturated rings. The van der Waals surface area contributed by atoms with Crippen molar-refractivity contribution in [2.45, 2.75) is 6.92 Å². The summed E-state index contributed by atoms with van der Waals surface area (Å²) in [5.41, 5.74) is 5.32. The number of carbonyl (C=O) groups excluding carboxylic acids is 1. The summed E-state index contributed by atoms with van der Waals surface area (Å²) in [4.78, 5) is 35.2. The lowest BCUT2D eigenvalue weighted by atomic mass is 10.1. The summed E-state index contributed by atoms with van der Waals surface area (Å²) in [6, 6.07) is 13.3. The predicted molar refractivity (Wildman–Crippen MR) is 143 cm³/mol. The van der Waals surface area contributed by atoms with Crippen LogP contribution in [-0.2, 0) is 0 Å². The van der Waals surface area contributed by atoms with Gasteiger partial charge in [0.2, 0.25) is 5.95 Å². The van der Waals surface area contributed by atoms with Gasteiger partial charge in [0.15, 0.2) is 5.82 Å². The minimum atomic E-state index is -0.190. The average molecular weight is 484 g/mol. The molecule has 1 amide bonds. The maximum atomic E-state index is 13.0. The smallest absolute Gasteiger partial charge is 0.255 e. The standard InChI is InChI=1S/C26H29N9O/c1-17-7-8-18(25(36)31-19-5-4-6-20(14-19)34(2)3)13-21(17)32-24-23-22(29-16-30-24)15-28-26(33-23)35-11-9-27-10-12-35/h4-8,13-16,27H,9-12H2,1-3H3,(H,31,36)(H,29,30,32). The fourth-order valence-electron chi connectivity index (χ4n) is 4.04. The van der Waals surface area contributed by atoms with Crippen LogP contribution >= 0.6 is 0 Å². The molecule has 1 aliphatic heterocycles. The van der Waals surface area contributed by atoms with Crippen LogP contribution in [0.25, 0.3) is 11.0 Å². The van der Waals surface area contributed by atoms with Crippen LogP contribution in [-0.4, -0.2) is 66.1 Å². The minimum absolute atomic E-state index is 0.190. The van der Waals surface area contributed by atoms with E-state index in [1.54, 1.807) is 6.20 Å². The van der Waals surface area contributed by atoms with Crippen LogP contribution in [0.4, 0.5) is 28.8 Å². The van der Waals surface area contributed by atoms with Crippen molar-refractivity contribution in [1.29, 1.82) is 0 Å². The van der Waals surface area contributed by atoms with Crippen molar-refractivity contribution in [2.24, 2.45) is 0 Å². The van der Waals surface area contributed by atoms with Crippen LogP contribution < -0.4 is 25.8 Å². The highest BCUT2D eigenvalue weighted by molar-refractivity contribution is 6.05. The first-order valence-corrected chi connectivity index (χ1v) is 11.9. The van der Waals surface area contributed by atoms with E-state index < -0.39 is 0 Å². The molecule has 0 aliphatic carbocycles. The topological polar surface area (TPSA) is 111 Å². The molecule has 2 aromatic carbocycles. The fourth-order valence-corrected chi connectivity index (χ4v) is 4.04. The lowest BCUT2D eigenvalue weighted by Crippen LogP contribution is -2.44. The molecule has 0 radical (unpaired) electrons. The molecule has 0 unspecified atom stereocenters. The molecule has 5 rings (SSSR count). The summed E-state index contributed by atoms with van der Waals surface area (Å²) < 4.78 is 0. The van der Waals surface area contributed by atoms with Crippen molar-refractivity contribution in [3.8, 4) is 0 Å². The molecule has 3 heterocycles. The van der Waals surface area contributed by atoms with E-state index in [2.05, 4.69) is 35.8 Å². The molecule has 10 heteroatoms. The van der Waals surface area contributed by atoms with Gasteiger partial charge in [-0.3, -0.25) is 4.79 Å². The Labute approximate surface area is 209 Å². The monoisotopic (exact) mass is 483 g/mol. The first-order valence-electron chi connectivity index (χ1n) is 11.9. The van der Waals surface area contributed by atoms with Crippen LogP contribution in [0.5, 0.6) is 0 Å². The second-order valence-electron chi connectivity index (χ2n) is 8.92. The van der Waals surface area contributed by atoms with Gasteiger partial charge in [-0.05, 0) is 42.8 Å². The summed E-state index contributed by atoms with van der Waals surface area (Å²) >= 11 is 0. The molecule has 2 aromatic heterocycles. The van der Waals surface area contributed by atoms with E-state index in [0.717, 1.165) is 48.8 Å². The Morgan fingerprint density at radius 2 is 1.89 bits per heavy atom. The zero-order valence-electron chi connectivity index (χ0n) is 20.6. The summed E-state index contributed by atoms with van der Waals surface area (Å²) in [6.45, 7) is 5.46. The molecule has 1 saturated heterocycles. The van der Waals surface area contributed by atoms with Crippen LogP contribution in [0.2, 0.25) is 0 Å². The normalized spacial score (nSPS) is 13.5. The van der Waals surface area contributed by atoms with Gasteiger partial charge in [0.25, 0.3) is 5.91 Å². The number of hydrogen-bond acceptors (Lipinski definition) is 9. The highest BCUT2D eigenvalue weighted by Gasteiger charge is 2.16. The van der Waals surface area contributed by atoms with Crippen LogP contribution in [0.3, 0.4) is 0 Å². The predicted octanol–water partition coefficient (Wildman–Crippen LogP) is 3.20. The first kappa shape index (κ1) is 23.4. The van der Waals surface area contributed by atoms with E-state index in [0.29, 0.717) is 28.4 Å². The summed E-state index contributed by atoms with van der Waals surface area (Å²) in [5, 5.41) is 9.70. The highest BCUT2D eigenvalue weighted by Crippen LogP contribution is 2.26. The maximum absolute atomic E-state index is 13.0. The second-order valence-corrected chi connectivity index (χ2v) is 8.92. The largest absolute Gasteiger partial charge is 0.378 e. The quantitative estimate of drug-likeness (QED) is 0.381. The number of hydrogen-bond donors (Lipinski definition) is 3. The number of nitrogens with one attached hydrogen (secondary N) is 3. The molecule has 3 N–H and O–H groups in total. The van der Waals surface area contributed by atoms with Gasteiger partial charge in [-0.1, -0.05) is 12.1 Å². The fraction of sp³-hybridized carbons (Fsp3) is 0.269. The van der Waals surface area contributed by atoms with Crippen molar-refractivity contribution in [2.75, 3.05) is 60.7 Å². The summed E-state index contributed by atoms with van der Waals surface area (Å²) in [6.07, 6.45) is 3.22. The van der Waals surface area contributed by atoms with Gasteiger partial charge in [0.05, 0.1) is 6.20 Å². The molecule has 36 heavy (non-hydrogen) atoms. The van der Waals surface area contributed by atoms with Crippen LogP contribution in [0, 0.1) is 6.92 Å². The van der Waals surface area contributed by atoms with Crippen LogP contribution in [0.1, 0.15) is 15.9 Å². The van der Waals surface area contributed by atoms with Gasteiger partial charge in [-0.15, -0.1) is 0 Å². The second kappa shape index (κ2) is 10.1. The number of aryl methyl sites for hydroxylation is 1. The Kier molecular flexibility index (Phi) is 6.59. The molecule has 4 aromatic rings. The first-order chi connectivity index (χ1) is 17.5. The van der Waals surface area contributed by atoms with Crippen molar-refractivity contribution >= 4 is 45.8 Å². The van der Waals surface area contributed by atoms with E-state index in [-0.39, 0.29) is 5.91 Å². The molecule has 10 nitrogen and oxygen atoms in total. The maximum Gasteiger partial charge on any atom is 0.255 e. The molecular weight excluding hydrogens is 454 g/mol. The molecule has 0 bridgehead atoms. The number of carbonyl (C=O) groups is 1. The van der Waals surface area contributed by atoms with E-state index in [4.69, 9.17) is 4.98 Å². The number of nitrogens with zero attached hydrogens (tertiary/aromatic N) is 6. The van der Waals surface area contributed by atoms with Gasteiger partial charge in [-0.2, -0.15) is 0 Å². The summed E-state index contributed by atoms with van der Waals surface area (Å²) in [7, 11) is 3.93. The third-order valence-electron chi connectivity index (χ3n) is 6.14. The Morgan fingerprint density at radius 3 is 2.69 bits per heavy atom. The molecular formula is C26H29N9O. The number of benzene rings is 2. The lowest BCUT2D eigenvalue weighted by Gasteiger charge is -2.27. The van der Waals surface area contributed by atoms with E-state index in [9.17, 15) is 4.79 Å². The number of aromatic nitrogens is 4. The molecule has 0 atom stereocenters. The van der Waals surface area contributed by atoms with Crippen LogP contribution in [0.15, 0.2) is 55.0 Å². The average Bonchev–Trinajstić information content (AvgIpc) is 2.90. The van der Waals surface area contributed by atoms with Crippen molar-refractivity contribution < 1.29 is 4.79 Å². The Morgan fingerprint density at radius 1 is 1.06 bits per heavy atom. The SMILES string of the molecule is Cc1ccc(C(=O)Nc2cccc(N(C)C)c2)cc1Nc1ncnc2cnc(N3CCNCC3)nc12. The molecule has 184 valence electrons. The minimum Gasteiger partial charge on any atom is -0.378 e. The summed E-state index contributed by atoms with van der Waals surface area (Å²) in [5.74, 6) is 1.04. The van der Waals surface area contributed by atoms with E-state index in [1.807, 2.05) is 68.4 Å². The Hall–Kier alpha value is -4.31. The number of amides is 1. The zero-order valence-corrected chi connectivity index (χ0v) is 20.6. The van der Waals surface area contributed by atoms with Gasteiger partial charge < -0.3 is 25.8 Å². The Bertz CT molecular complexity index is 1400. The van der Waals surface area contributed by atoms with Crippen molar-refractivity contribution in [3.63, 3.8) is 0 Å². The highest BCUT2D eigenvalue weighted by atomic mass is 16.1. The molecule has 0 saturated carbocycles. The number of piperazine rings is 1. The van der Waals surface area contributed by atoms with Crippen molar-refractivity contribution in [3.05, 3.63) is 66.1 Å². The third-order valence-corrected chi connectivity index (χ3v) is 6.14. The van der Waals surface area contributed by atoms with E-state index in [1.165, 1.54) is 6.33 Å². The number of fused-ring (bicyclic) bond motifs is 1. The number of rotatable bonds is 6. The van der Waals surface area contributed by atoms with Gasteiger partial charge in [-0.25, -0.2) is 19.9 Å². The van der Waals surface area contributed by atoms with E-state index >= 15 is 0 Å². The molecule has 0 spiro atoms. The Balaban J connectivity index is 1.41. The van der Waals surface area contributed by atoms with Gasteiger partial charge in [0, 0.05) is 62.9 Å².